The number of carbonyl (C=O) groups is 1. The number of hydrogen-bond donors (Lipinski definition) is 0. The summed E-state index contributed by atoms with van der Waals surface area (Å²) in [5.41, 5.74) is 0.758. The molecule has 1 rings (SSSR count). The third-order valence-corrected chi connectivity index (χ3v) is 5.05. The molecule has 6 heteroatoms. The van der Waals surface area contributed by atoms with Gasteiger partial charge in [-0.2, -0.15) is 0 Å². The highest BCUT2D eigenvalue weighted by Crippen LogP contribution is 2.44. The molecule has 1 aromatic rings. The Labute approximate surface area is 128 Å². The number of rotatable bonds is 6. The minimum Gasteiger partial charge on any atom is -0.495 e. The molecule has 0 aliphatic rings. The van der Waals surface area contributed by atoms with Gasteiger partial charge in [0.05, 0.1) is 23.7 Å². The number of benzene rings is 1. The summed E-state index contributed by atoms with van der Waals surface area (Å²) in [7, 11) is 3.19. The first-order valence-electron chi connectivity index (χ1n) is 5.87. The van der Waals surface area contributed by atoms with Crippen molar-refractivity contribution in [2.24, 2.45) is 0 Å². The zero-order chi connectivity index (χ0) is 14.6. The number of methoxy groups -OCH3 is 2. The van der Waals surface area contributed by atoms with Crippen LogP contribution < -0.4 is 9.47 Å². The second-order valence-electron chi connectivity index (χ2n) is 4.06. The van der Waals surface area contributed by atoms with Gasteiger partial charge in [-0.3, -0.25) is 4.79 Å². The van der Waals surface area contributed by atoms with E-state index < -0.39 is 0 Å². The molecule has 0 N–H and O–H groups in total. The molecule has 0 bridgehead atoms. The Morgan fingerprint density at radius 1 is 1.42 bits per heavy atom. The van der Waals surface area contributed by atoms with Crippen molar-refractivity contribution in [1.29, 1.82) is 0 Å². The number of carbonyl (C=O) groups excluding carboxylic acids is 1. The van der Waals surface area contributed by atoms with Gasteiger partial charge >= 0.3 is 0 Å². The van der Waals surface area contributed by atoms with Gasteiger partial charge in [0.15, 0.2) is 11.3 Å². The van der Waals surface area contributed by atoms with Gasteiger partial charge < -0.3 is 9.47 Å². The Hall–Kier alpha value is -0.310. The van der Waals surface area contributed by atoms with Crippen LogP contribution in [0.15, 0.2) is 10.5 Å². The number of ether oxygens (including phenoxy) is 2. The molecule has 2 atom stereocenters. The summed E-state index contributed by atoms with van der Waals surface area (Å²) in [6.07, 6.45) is 0.955. The van der Waals surface area contributed by atoms with E-state index in [1.54, 1.807) is 6.07 Å². The average Bonchev–Trinajstić information content (AvgIpc) is 2.37. The lowest BCUT2D eigenvalue weighted by molar-refractivity contribution is 0.107. The van der Waals surface area contributed by atoms with Crippen molar-refractivity contribution in [3.8, 4) is 11.5 Å². The predicted octanol–water partition coefficient (Wildman–Crippen LogP) is 4.74. The fraction of sp³-hybridized carbons (Fsp3) is 0.462. The summed E-state index contributed by atoms with van der Waals surface area (Å²) in [4.78, 5) is 12.5. The quantitative estimate of drug-likeness (QED) is 0.682. The summed E-state index contributed by atoms with van der Waals surface area (Å²) < 4.78 is 11.2. The van der Waals surface area contributed by atoms with Gasteiger partial charge in [-0.1, -0.05) is 25.4 Å². The van der Waals surface area contributed by atoms with Crippen LogP contribution in [0.2, 0.25) is 5.02 Å². The molecule has 0 radical (unpaired) electrons. The van der Waals surface area contributed by atoms with Gasteiger partial charge in [-0.25, -0.2) is 0 Å². The topological polar surface area (TPSA) is 35.5 Å². The SMILES string of the molecule is CCC(C)PC(=O)c1c(OC)c(Cl)cc(Br)c1OC. The molecule has 0 aliphatic carbocycles. The Bertz CT molecular complexity index is 451. The maximum Gasteiger partial charge on any atom is 0.188 e. The van der Waals surface area contributed by atoms with Gasteiger partial charge in [0, 0.05) is 0 Å². The van der Waals surface area contributed by atoms with Crippen LogP contribution in [0.1, 0.15) is 30.6 Å². The molecule has 0 heterocycles. The van der Waals surface area contributed by atoms with Crippen LogP contribution in [0.25, 0.3) is 0 Å². The standard InChI is InChI=1S/C13H17BrClO3P/c1-5-7(2)19-13(16)10-11(17-3)8(14)6-9(15)12(10)18-4/h6-7,19H,5H2,1-4H3. The Balaban J connectivity index is 3.33. The molecule has 19 heavy (non-hydrogen) atoms. The van der Waals surface area contributed by atoms with Gasteiger partial charge in [-0.05, 0) is 42.7 Å². The van der Waals surface area contributed by atoms with E-state index in [4.69, 9.17) is 21.1 Å². The fourth-order valence-electron chi connectivity index (χ4n) is 1.59. The van der Waals surface area contributed by atoms with Crippen molar-refractivity contribution in [2.45, 2.75) is 25.9 Å². The monoisotopic (exact) mass is 366 g/mol. The van der Waals surface area contributed by atoms with Crippen LogP contribution in [0, 0.1) is 0 Å². The van der Waals surface area contributed by atoms with E-state index in [0.29, 0.717) is 32.2 Å². The first-order chi connectivity index (χ1) is 8.96. The number of hydrogen-bond acceptors (Lipinski definition) is 3. The van der Waals surface area contributed by atoms with Gasteiger partial charge in [-0.15, -0.1) is 0 Å². The van der Waals surface area contributed by atoms with Crippen LogP contribution in [-0.4, -0.2) is 25.4 Å². The van der Waals surface area contributed by atoms with E-state index in [2.05, 4.69) is 29.8 Å². The Morgan fingerprint density at radius 2 is 2.00 bits per heavy atom. The highest BCUT2D eigenvalue weighted by atomic mass is 79.9. The van der Waals surface area contributed by atoms with Gasteiger partial charge in [0.25, 0.3) is 0 Å². The first-order valence-corrected chi connectivity index (χ1v) is 8.11. The third kappa shape index (κ3) is 3.84. The van der Waals surface area contributed by atoms with E-state index >= 15 is 0 Å². The minimum atomic E-state index is 0.00579. The van der Waals surface area contributed by atoms with Crippen LogP contribution in [0.3, 0.4) is 0 Å². The van der Waals surface area contributed by atoms with E-state index in [-0.39, 0.29) is 14.1 Å². The molecular formula is C13H17BrClO3P. The molecule has 1 aromatic carbocycles. The van der Waals surface area contributed by atoms with Crippen molar-refractivity contribution in [1.82, 2.24) is 0 Å². The highest BCUT2D eigenvalue weighted by Gasteiger charge is 2.24. The fourth-order valence-corrected chi connectivity index (χ4v) is 3.61. The van der Waals surface area contributed by atoms with E-state index in [9.17, 15) is 4.79 Å². The lowest BCUT2D eigenvalue weighted by Gasteiger charge is -2.16. The largest absolute Gasteiger partial charge is 0.495 e. The summed E-state index contributed by atoms with van der Waals surface area (Å²) >= 11 is 9.48. The maximum atomic E-state index is 12.5. The molecule has 0 saturated heterocycles. The summed E-state index contributed by atoms with van der Waals surface area (Å²) in [6.45, 7) is 4.11. The van der Waals surface area contributed by atoms with Crippen LogP contribution in [0.5, 0.6) is 11.5 Å². The lowest BCUT2D eigenvalue weighted by atomic mass is 10.2. The molecular weight excluding hydrogens is 350 g/mol. The molecule has 0 aromatic heterocycles. The zero-order valence-corrected chi connectivity index (χ0v) is 14.7. The summed E-state index contributed by atoms with van der Waals surface area (Å²) in [5.74, 6) is 0.851. The number of halogens is 2. The molecule has 2 unspecified atom stereocenters. The first kappa shape index (κ1) is 16.7. The predicted molar refractivity (Wildman–Crippen MR) is 84.7 cm³/mol. The van der Waals surface area contributed by atoms with Crippen molar-refractivity contribution in [3.63, 3.8) is 0 Å². The normalized spacial score (nSPS) is 12.7. The molecule has 0 spiro atoms. The highest BCUT2D eigenvalue weighted by molar-refractivity contribution is 9.10. The second-order valence-corrected chi connectivity index (χ2v) is 7.05. The zero-order valence-electron chi connectivity index (χ0n) is 11.3. The summed E-state index contributed by atoms with van der Waals surface area (Å²) in [6, 6.07) is 1.67. The molecule has 0 fully saturated rings. The molecule has 0 aliphatic heterocycles. The van der Waals surface area contributed by atoms with Crippen molar-refractivity contribution in [3.05, 3.63) is 21.1 Å². The van der Waals surface area contributed by atoms with Gasteiger partial charge in [0.1, 0.15) is 11.3 Å². The Morgan fingerprint density at radius 3 is 2.47 bits per heavy atom. The molecule has 0 amide bonds. The molecule has 3 nitrogen and oxygen atoms in total. The van der Waals surface area contributed by atoms with Crippen molar-refractivity contribution in [2.75, 3.05) is 14.2 Å². The van der Waals surface area contributed by atoms with Crippen molar-refractivity contribution < 1.29 is 14.3 Å². The molecule has 0 saturated carbocycles. The second kappa shape index (κ2) is 7.47. The van der Waals surface area contributed by atoms with Gasteiger partial charge in [0.2, 0.25) is 0 Å². The molecule has 106 valence electrons. The average molecular weight is 368 g/mol. The minimum absolute atomic E-state index is 0.00579. The van der Waals surface area contributed by atoms with E-state index in [0.717, 1.165) is 6.42 Å². The van der Waals surface area contributed by atoms with Crippen LogP contribution >= 0.6 is 36.1 Å². The van der Waals surface area contributed by atoms with Crippen molar-refractivity contribution >= 4 is 41.6 Å². The van der Waals surface area contributed by atoms with E-state index in [1.807, 2.05) is 0 Å². The third-order valence-electron chi connectivity index (χ3n) is 2.77. The lowest BCUT2D eigenvalue weighted by Crippen LogP contribution is -2.05. The Kier molecular flexibility index (Phi) is 6.58. The van der Waals surface area contributed by atoms with Crippen LogP contribution in [0.4, 0.5) is 0 Å². The maximum absolute atomic E-state index is 12.5. The van der Waals surface area contributed by atoms with Crippen LogP contribution in [-0.2, 0) is 0 Å². The van der Waals surface area contributed by atoms with E-state index in [1.165, 1.54) is 14.2 Å². The smallest absolute Gasteiger partial charge is 0.188 e. The summed E-state index contributed by atoms with van der Waals surface area (Å²) in [5, 5.41) is 0.396.